The number of hydrogen-bond acceptors (Lipinski definition) is 3. The van der Waals surface area contributed by atoms with E-state index in [1.807, 2.05) is 30.0 Å². The van der Waals surface area contributed by atoms with Gasteiger partial charge in [-0.25, -0.2) is 0 Å². The van der Waals surface area contributed by atoms with Crippen LogP contribution in [0.15, 0.2) is 30.3 Å². The SMILES string of the molecule is O=[N+]([O-])CC1(SCc2ccccc2)CCC2CCC1C2. The molecule has 108 valence electrons. The van der Waals surface area contributed by atoms with Gasteiger partial charge < -0.3 is 0 Å². The zero-order valence-electron chi connectivity index (χ0n) is 11.7. The van der Waals surface area contributed by atoms with Gasteiger partial charge in [0.2, 0.25) is 6.54 Å². The van der Waals surface area contributed by atoms with E-state index < -0.39 is 0 Å². The standard InChI is InChI=1S/C16H21NO2S/c18-17(19)12-16(9-8-13-6-7-15(16)10-13)20-11-14-4-2-1-3-5-14/h1-5,13,15H,6-12H2. The summed E-state index contributed by atoms with van der Waals surface area (Å²) in [4.78, 5) is 11.1. The van der Waals surface area contributed by atoms with E-state index in [0.717, 1.165) is 18.1 Å². The predicted molar refractivity (Wildman–Crippen MR) is 82.4 cm³/mol. The first kappa shape index (κ1) is 13.9. The molecule has 2 aliphatic rings. The number of thioether (sulfide) groups is 1. The van der Waals surface area contributed by atoms with Crippen molar-refractivity contribution in [1.29, 1.82) is 0 Å². The molecule has 2 fully saturated rings. The van der Waals surface area contributed by atoms with Crippen LogP contribution < -0.4 is 0 Å². The summed E-state index contributed by atoms with van der Waals surface area (Å²) in [6, 6.07) is 10.3. The molecule has 2 saturated carbocycles. The van der Waals surface area contributed by atoms with E-state index >= 15 is 0 Å². The third-order valence-electron chi connectivity index (χ3n) is 5.03. The molecule has 3 rings (SSSR count). The van der Waals surface area contributed by atoms with E-state index in [2.05, 4.69) is 12.1 Å². The third-order valence-corrected chi connectivity index (χ3v) is 6.75. The number of benzene rings is 1. The quantitative estimate of drug-likeness (QED) is 0.604. The van der Waals surface area contributed by atoms with Gasteiger partial charge in [0.15, 0.2) is 0 Å². The Morgan fingerprint density at radius 1 is 1.25 bits per heavy atom. The smallest absolute Gasteiger partial charge is 0.218 e. The van der Waals surface area contributed by atoms with Gasteiger partial charge in [-0.05, 0) is 43.1 Å². The molecular formula is C16H21NO2S. The fourth-order valence-corrected chi connectivity index (χ4v) is 5.49. The van der Waals surface area contributed by atoms with Crippen LogP contribution in [-0.4, -0.2) is 16.2 Å². The number of nitrogens with zero attached hydrogens (tertiary/aromatic N) is 1. The maximum Gasteiger partial charge on any atom is 0.218 e. The minimum atomic E-state index is -0.119. The molecule has 0 heterocycles. The van der Waals surface area contributed by atoms with Crippen LogP contribution in [0, 0.1) is 22.0 Å². The molecule has 3 unspecified atom stereocenters. The summed E-state index contributed by atoms with van der Waals surface area (Å²) in [7, 11) is 0. The van der Waals surface area contributed by atoms with Gasteiger partial charge >= 0.3 is 0 Å². The Hall–Kier alpha value is -1.03. The van der Waals surface area contributed by atoms with Gasteiger partial charge in [0, 0.05) is 10.7 Å². The molecule has 0 radical (unpaired) electrons. The number of nitro groups is 1. The highest BCUT2D eigenvalue weighted by atomic mass is 32.2. The first-order valence-corrected chi connectivity index (χ1v) is 8.46. The third kappa shape index (κ3) is 2.85. The van der Waals surface area contributed by atoms with Crippen molar-refractivity contribution in [3.05, 3.63) is 46.0 Å². The van der Waals surface area contributed by atoms with Crippen LogP contribution in [0.4, 0.5) is 0 Å². The lowest BCUT2D eigenvalue weighted by Crippen LogP contribution is -2.43. The Morgan fingerprint density at radius 3 is 2.80 bits per heavy atom. The molecule has 0 aliphatic heterocycles. The van der Waals surface area contributed by atoms with Crippen LogP contribution in [0.5, 0.6) is 0 Å². The van der Waals surface area contributed by atoms with Crippen molar-refractivity contribution in [2.45, 2.75) is 42.6 Å². The van der Waals surface area contributed by atoms with E-state index in [4.69, 9.17) is 0 Å². The van der Waals surface area contributed by atoms with Gasteiger partial charge in [0.05, 0.1) is 4.75 Å². The molecule has 0 spiro atoms. The molecule has 1 aromatic rings. The number of hydrogen-bond donors (Lipinski definition) is 0. The molecule has 2 aliphatic carbocycles. The molecule has 0 aromatic heterocycles. The average molecular weight is 291 g/mol. The summed E-state index contributed by atoms with van der Waals surface area (Å²) in [6.07, 6.45) is 5.92. The van der Waals surface area contributed by atoms with Crippen molar-refractivity contribution >= 4 is 11.8 Å². The first-order chi connectivity index (χ1) is 9.68. The molecule has 4 heteroatoms. The first-order valence-electron chi connectivity index (χ1n) is 7.48. The fraction of sp³-hybridized carbons (Fsp3) is 0.625. The van der Waals surface area contributed by atoms with Crippen LogP contribution in [0.3, 0.4) is 0 Å². The van der Waals surface area contributed by atoms with Crippen molar-refractivity contribution in [3.8, 4) is 0 Å². The van der Waals surface area contributed by atoms with E-state index in [0.29, 0.717) is 5.92 Å². The van der Waals surface area contributed by atoms with Crippen molar-refractivity contribution in [2.24, 2.45) is 11.8 Å². The van der Waals surface area contributed by atoms with Gasteiger partial charge in [-0.15, -0.1) is 11.8 Å². The highest BCUT2D eigenvalue weighted by Crippen LogP contribution is 2.54. The van der Waals surface area contributed by atoms with Crippen molar-refractivity contribution in [1.82, 2.24) is 0 Å². The maximum atomic E-state index is 11.2. The minimum absolute atomic E-state index is 0.0867. The molecule has 0 amide bonds. The monoisotopic (exact) mass is 291 g/mol. The fourth-order valence-electron chi connectivity index (χ4n) is 3.93. The number of fused-ring (bicyclic) bond motifs is 2. The van der Waals surface area contributed by atoms with Gasteiger partial charge in [0.25, 0.3) is 0 Å². The lowest BCUT2D eigenvalue weighted by molar-refractivity contribution is -0.487. The zero-order valence-corrected chi connectivity index (χ0v) is 12.5. The zero-order chi connectivity index (χ0) is 14.0. The summed E-state index contributed by atoms with van der Waals surface area (Å²) < 4.78 is -0.119. The van der Waals surface area contributed by atoms with E-state index in [-0.39, 0.29) is 16.2 Å². The summed E-state index contributed by atoms with van der Waals surface area (Å²) in [5, 5.41) is 11.2. The summed E-state index contributed by atoms with van der Waals surface area (Å²) in [6.45, 7) is 0.141. The van der Waals surface area contributed by atoms with Crippen molar-refractivity contribution in [3.63, 3.8) is 0 Å². The second-order valence-corrected chi connectivity index (χ2v) is 7.63. The van der Waals surface area contributed by atoms with Gasteiger partial charge in [-0.1, -0.05) is 36.8 Å². The Bertz CT molecular complexity index is 479. The maximum absolute atomic E-state index is 11.2. The molecular weight excluding hydrogens is 270 g/mol. The van der Waals surface area contributed by atoms with E-state index in [9.17, 15) is 10.1 Å². The van der Waals surface area contributed by atoms with E-state index in [1.54, 1.807) is 0 Å². The second-order valence-electron chi connectivity index (χ2n) is 6.24. The molecule has 3 atom stereocenters. The van der Waals surface area contributed by atoms with E-state index in [1.165, 1.54) is 31.2 Å². The highest BCUT2D eigenvalue weighted by molar-refractivity contribution is 7.99. The van der Waals surface area contributed by atoms with Crippen LogP contribution in [0.2, 0.25) is 0 Å². The molecule has 3 nitrogen and oxygen atoms in total. The Balaban J connectivity index is 1.74. The van der Waals surface area contributed by atoms with Gasteiger partial charge in [-0.2, -0.15) is 0 Å². The summed E-state index contributed by atoms with van der Waals surface area (Å²) in [5.41, 5.74) is 1.28. The second kappa shape index (κ2) is 5.76. The Labute approximate surface area is 124 Å². The molecule has 1 aromatic carbocycles. The summed E-state index contributed by atoms with van der Waals surface area (Å²) in [5.74, 6) is 2.30. The molecule has 2 bridgehead atoms. The van der Waals surface area contributed by atoms with Crippen LogP contribution in [-0.2, 0) is 5.75 Å². The minimum Gasteiger partial charge on any atom is -0.264 e. The average Bonchev–Trinajstić information content (AvgIpc) is 2.86. The Morgan fingerprint density at radius 2 is 2.05 bits per heavy atom. The molecule has 0 N–H and O–H groups in total. The van der Waals surface area contributed by atoms with Crippen molar-refractivity contribution in [2.75, 3.05) is 6.54 Å². The lowest BCUT2D eigenvalue weighted by atomic mass is 9.79. The van der Waals surface area contributed by atoms with Crippen LogP contribution >= 0.6 is 11.8 Å². The van der Waals surface area contributed by atoms with Crippen LogP contribution in [0.1, 0.15) is 37.7 Å². The van der Waals surface area contributed by atoms with Crippen molar-refractivity contribution < 1.29 is 4.92 Å². The van der Waals surface area contributed by atoms with Gasteiger partial charge in [0.1, 0.15) is 0 Å². The predicted octanol–water partition coefficient (Wildman–Crippen LogP) is 4.15. The summed E-state index contributed by atoms with van der Waals surface area (Å²) >= 11 is 1.84. The van der Waals surface area contributed by atoms with Crippen LogP contribution in [0.25, 0.3) is 0 Å². The van der Waals surface area contributed by atoms with Gasteiger partial charge in [-0.3, -0.25) is 10.1 Å². The normalized spacial score (nSPS) is 32.2. The number of rotatable bonds is 5. The molecule has 0 saturated heterocycles. The largest absolute Gasteiger partial charge is 0.264 e. The lowest BCUT2D eigenvalue weighted by Gasteiger charge is -2.39. The highest BCUT2D eigenvalue weighted by Gasteiger charge is 2.50. The topological polar surface area (TPSA) is 43.1 Å². The molecule has 20 heavy (non-hydrogen) atoms. The Kier molecular flexibility index (Phi) is 4.01.